The summed E-state index contributed by atoms with van der Waals surface area (Å²) in [5, 5.41) is 0. The first-order chi connectivity index (χ1) is 5.65. The number of hydrazine groups is 1. The maximum absolute atomic E-state index is 12.8. The van der Waals surface area contributed by atoms with Crippen LogP contribution in [-0.2, 0) is 0 Å². The Hall–Kier alpha value is -0.400. The summed E-state index contributed by atoms with van der Waals surface area (Å²) in [6.07, 6.45) is 0. The highest BCUT2D eigenvalue weighted by atomic mass is 127. The molecule has 13 heavy (non-hydrogen) atoms. The van der Waals surface area contributed by atoms with Crippen LogP contribution in [0.15, 0.2) is 18.2 Å². The van der Waals surface area contributed by atoms with Gasteiger partial charge in [0.25, 0.3) is 5.91 Å². The molecule has 72 valence electrons. The highest BCUT2D eigenvalue weighted by molar-refractivity contribution is 14.1. The number of benzene rings is 1. The van der Waals surface area contributed by atoms with E-state index in [1.54, 1.807) is 0 Å². The molecule has 1 aromatic rings. The van der Waals surface area contributed by atoms with Gasteiger partial charge in [0.15, 0.2) is 0 Å². The lowest BCUT2D eigenvalue weighted by molar-refractivity contribution is 0.0953. The van der Waals surface area contributed by atoms with Gasteiger partial charge >= 0.3 is 0 Å². The molecule has 3 nitrogen and oxygen atoms in total. The Morgan fingerprint density at radius 2 is 2.15 bits per heavy atom. The summed E-state index contributed by atoms with van der Waals surface area (Å²) >= 11 is 1.84. The van der Waals surface area contributed by atoms with Gasteiger partial charge in [0.1, 0.15) is 5.82 Å². The molecule has 0 heterocycles. The van der Waals surface area contributed by atoms with Gasteiger partial charge in [-0.25, -0.2) is 10.2 Å². The van der Waals surface area contributed by atoms with Crippen molar-refractivity contribution in [1.29, 1.82) is 0 Å². The third kappa shape index (κ3) is 3.09. The summed E-state index contributed by atoms with van der Waals surface area (Å²) in [7, 11) is 0. The van der Waals surface area contributed by atoms with Gasteiger partial charge in [-0.3, -0.25) is 10.2 Å². The molecule has 0 bridgehead atoms. The van der Waals surface area contributed by atoms with Crippen LogP contribution in [-0.4, -0.2) is 5.91 Å². The van der Waals surface area contributed by atoms with Crippen LogP contribution in [0.3, 0.4) is 0 Å². The molecule has 0 aliphatic heterocycles. The zero-order valence-electron chi connectivity index (χ0n) is 6.38. The molecule has 0 spiro atoms. The van der Waals surface area contributed by atoms with Crippen LogP contribution in [0.1, 0.15) is 10.4 Å². The lowest BCUT2D eigenvalue weighted by Gasteiger charge is -1.99. The van der Waals surface area contributed by atoms with Gasteiger partial charge in [-0.15, -0.1) is 12.4 Å². The minimum atomic E-state index is -0.495. The van der Waals surface area contributed by atoms with E-state index < -0.39 is 11.7 Å². The number of nitrogens with two attached hydrogens (primary N) is 1. The Kier molecular flexibility index (Phi) is 5.19. The molecule has 0 unspecified atom stereocenters. The number of hydrogen-bond acceptors (Lipinski definition) is 2. The molecule has 0 saturated heterocycles. The van der Waals surface area contributed by atoms with E-state index in [0.29, 0.717) is 3.57 Å². The first kappa shape index (κ1) is 12.6. The summed E-state index contributed by atoms with van der Waals surface area (Å²) in [5.41, 5.74) is 2.14. The number of nitrogen functional groups attached to an aromatic ring is 1. The average molecular weight is 317 g/mol. The molecule has 1 rings (SSSR count). The molecule has 6 heteroatoms. The predicted octanol–water partition coefficient (Wildman–Crippen LogP) is 1.46. The third-order valence-electron chi connectivity index (χ3n) is 1.31. The molecule has 0 atom stereocenters. The number of halogens is 3. The van der Waals surface area contributed by atoms with Crippen molar-refractivity contribution in [1.82, 2.24) is 5.43 Å². The van der Waals surface area contributed by atoms with Crippen LogP contribution in [0.4, 0.5) is 4.39 Å². The number of rotatable bonds is 1. The molecular weight excluding hydrogens is 309 g/mol. The minimum Gasteiger partial charge on any atom is -0.290 e. The van der Waals surface area contributed by atoms with Gasteiger partial charge < -0.3 is 0 Å². The van der Waals surface area contributed by atoms with E-state index in [4.69, 9.17) is 5.84 Å². The van der Waals surface area contributed by atoms with E-state index >= 15 is 0 Å². The fraction of sp³-hybridized carbons (Fsp3) is 0. The first-order valence-corrected chi connectivity index (χ1v) is 4.19. The normalized spacial score (nSPS) is 8.85. The number of nitrogens with one attached hydrogen (secondary N) is 1. The van der Waals surface area contributed by atoms with Crippen molar-refractivity contribution in [3.63, 3.8) is 0 Å². The molecule has 1 amide bonds. The molecule has 0 aliphatic carbocycles. The van der Waals surface area contributed by atoms with Crippen LogP contribution >= 0.6 is 35.0 Å². The van der Waals surface area contributed by atoms with E-state index in [9.17, 15) is 9.18 Å². The molecule has 0 saturated carbocycles. The SMILES string of the molecule is Cl.NNC(=O)c1ccc(I)c(F)c1. The zero-order chi connectivity index (χ0) is 9.14. The zero-order valence-corrected chi connectivity index (χ0v) is 9.36. The molecule has 0 aromatic heterocycles. The Morgan fingerprint density at radius 1 is 1.54 bits per heavy atom. The molecular formula is C7H7ClFIN2O. The van der Waals surface area contributed by atoms with Gasteiger partial charge in [-0.2, -0.15) is 0 Å². The summed E-state index contributed by atoms with van der Waals surface area (Å²) in [6, 6.07) is 4.16. The van der Waals surface area contributed by atoms with E-state index in [-0.39, 0.29) is 18.0 Å². The Morgan fingerprint density at radius 3 is 2.62 bits per heavy atom. The quantitative estimate of drug-likeness (QED) is 0.357. The molecule has 3 N–H and O–H groups in total. The molecule has 1 aromatic carbocycles. The van der Waals surface area contributed by atoms with E-state index in [0.717, 1.165) is 6.07 Å². The van der Waals surface area contributed by atoms with Gasteiger partial charge in [-0.05, 0) is 40.8 Å². The maximum Gasteiger partial charge on any atom is 0.265 e. The van der Waals surface area contributed by atoms with Gasteiger partial charge in [-0.1, -0.05) is 0 Å². The number of carbonyl (C=O) groups is 1. The summed E-state index contributed by atoms with van der Waals surface area (Å²) in [4.78, 5) is 10.9. The second-order valence-electron chi connectivity index (χ2n) is 2.10. The minimum absolute atomic E-state index is 0. The number of carbonyl (C=O) groups excluding carboxylic acids is 1. The van der Waals surface area contributed by atoms with Crippen molar-refractivity contribution in [2.45, 2.75) is 0 Å². The Labute approximate surface area is 94.4 Å². The first-order valence-electron chi connectivity index (χ1n) is 3.11. The average Bonchev–Trinajstić information content (AvgIpc) is 2.08. The monoisotopic (exact) mass is 316 g/mol. The van der Waals surface area contributed by atoms with Crippen molar-refractivity contribution < 1.29 is 9.18 Å². The van der Waals surface area contributed by atoms with Gasteiger partial charge in [0.2, 0.25) is 0 Å². The number of hydrogen-bond donors (Lipinski definition) is 2. The summed E-state index contributed by atoms with van der Waals surface area (Å²) in [6.45, 7) is 0. The lowest BCUT2D eigenvalue weighted by atomic mass is 10.2. The van der Waals surface area contributed by atoms with E-state index in [1.165, 1.54) is 12.1 Å². The number of amides is 1. The van der Waals surface area contributed by atoms with Crippen LogP contribution in [0.5, 0.6) is 0 Å². The Balaban J connectivity index is 0.00000144. The summed E-state index contributed by atoms with van der Waals surface area (Å²) < 4.78 is 13.3. The van der Waals surface area contributed by atoms with Crippen molar-refractivity contribution in [2.75, 3.05) is 0 Å². The maximum atomic E-state index is 12.8. The predicted molar refractivity (Wildman–Crippen MR) is 58.0 cm³/mol. The van der Waals surface area contributed by atoms with Crippen LogP contribution < -0.4 is 11.3 Å². The Bertz CT molecular complexity index is 321. The molecule has 0 aliphatic rings. The largest absolute Gasteiger partial charge is 0.290 e. The van der Waals surface area contributed by atoms with E-state index in [2.05, 4.69) is 0 Å². The van der Waals surface area contributed by atoms with Crippen molar-refractivity contribution >= 4 is 40.9 Å². The van der Waals surface area contributed by atoms with E-state index in [1.807, 2.05) is 28.0 Å². The highest BCUT2D eigenvalue weighted by Crippen LogP contribution is 2.12. The van der Waals surface area contributed by atoms with Crippen molar-refractivity contribution in [2.24, 2.45) is 5.84 Å². The van der Waals surface area contributed by atoms with Gasteiger partial charge in [0, 0.05) is 9.13 Å². The molecule has 0 fully saturated rings. The van der Waals surface area contributed by atoms with Crippen LogP contribution in [0, 0.1) is 9.39 Å². The standard InChI is InChI=1S/C7H6FIN2O.ClH/c8-5-3-4(7(12)11-10)1-2-6(5)9;/h1-3H,10H2,(H,11,12);1H. The second-order valence-corrected chi connectivity index (χ2v) is 3.26. The fourth-order valence-electron chi connectivity index (χ4n) is 0.721. The molecule has 0 radical (unpaired) electrons. The third-order valence-corrected chi connectivity index (χ3v) is 2.19. The fourth-order valence-corrected chi connectivity index (χ4v) is 1.06. The smallest absolute Gasteiger partial charge is 0.265 e. The highest BCUT2D eigenvalue weighted by Gasteiger charge is 2.05. The van der Waals surface area contributed by atoms with Crippen LogP contribution in [0.2, 0.25) is 0 Å². The second kappa shape index (κ2) is 5.36. The lowest BCUT2D eigenvalue weighted by Crippen LogP contribution is -2.30. The topological polar surface area (TPSA) is 55.1 Å². The van der Waals surface area contributed by atoms with Crippen LogP contribution in [0.25, 0.3) is 0 Å². The summed E-state index contributed by atoms with van der Waals surface area (Å²) in [5.74, 6) is 3.95. The van der Waals surface area contributed by atoms with Crippen molar-refractivity contribution in [3.8, 4) is 0 Å². The van der Waals surface area contributed by atoms with Gasteiger partial charge in [0.05, 0.1) is 0 Å². The van der Waals surface area contributed by atoms with Crippen molar-refractivity contribution in [3.05, 3.63) is 33.1 Å².